The largest absolute Gasteiger partial charge is 0.381 e. The maximum Gasteiger partial charge on any atom is 0.144 e. The van der Waals surface area contributed by atoms with Gasteiger partial charge in [-0.05, 0) is 42.7 Å². The van der Waals surface area contributed by atoms with Gasteiger partial charge in [-0.15, -0.1) is 0 Å². The van der Waals surface area contributed by atoms with Crippen molar-refractivity contribution in [2.45, 2.75) is 18.3 Å². The number of aromatic nitrogens is 1. The fourth-order valence-electron chi connectivity index (χ4n) is 2.90. The molecule has 2 heterocycles. The lowest BCUT2D eigenvalue weighted by Crippen LogP contribution is -2.40. The smallest absolute Gasteiger partial charge is 0.144 e. The zero-order valence-corrected chi connectivity index (χ0v) is 12.9. The van der Waals surface area contributed by atoms with E-state index in [9.17, 15) is 4.39 Å². The molecule has 1 aromatic carbocycles. The number of halogens is 2. The molecule has 3 nitrogen and oxygen atoms in total. The van der Waals surface area contributed by atoms with E-state index in [1.54, 1.807) is 12.3 Å². The van der Waals surface area contributed by atoms with E-state index in [1.807, 2.05) is 18.2 Å². The average Bonchev–Trinajstić information content (AvgIpc) is 2.56. The second kappa shape index (κ2) is 6.63. The molecule has 3 rings (SSSR count). The highest BCUT2D eigenvalue weighted by Crippen LogP contribution is 2.35. The molecule has 0 spiro atoms. The molecule has 1 aromatic heterocycles. The molecule has 116 valence electrons. The number of nitrogens with zero attached hydrogens (tertiary/aromatic N) is 1. The Morgan fingerprint density at radius 3 is 2.59 bits per heavy atom. The minimum absolute atomic E-state index is 0.0905. The summed E-state index contributed by atoms with van der Waals surface area (Å²) < 4.78 is 18.7. The molecule has 1 N–H and O–H groups in total. The Kier molecular flexibility index (Phi) is 4.60. The molecular formula is C17H18ClFN2O. The topological polar surface area (TPSA) is 34.2 Å². The van der Waals surface area contributed by atoms with Gasteiger partial charge in [0.2, 0.25) is 0 Å². The average molecular weight is 321 g/mol. The van der Waals surface area contributed by atoms with Crippen LogP contribution in [0.5, 0.6) is 0 Å². The van der Waals surface area contributed by atoms with E-state index in [-0.39, 0.29) is 11.2 Å². The van der Waals surface area contributed by atoms with E-state index in [4.69, 9.17) is 16.3 Å². The molecule has 1 aliphatic heterocycles. The fourth-order valence-corrected chi connectivity index (χ4v) is 3.09. The standard InChI is InChI=1S/C17H18ClFN2O/c18-15-2-1-9-20-16(15)21-12-17(7-10-22-11-8-17)13-3-5-14(19)6-4-13/h1-6,9H,7-8,10-12H2,(H,20,21). The molecule has 0 atom stereocenters. The number of rotatable bonds is 4. The molecule has 22 heavy (non-hydrogen) atoms. The maximum absolute atomic E-state index is 13.2. The summed E-state index contributed by atoms with van der Waals surface area (Å²) in [7, 11) is 0. The fraction of sp³-hybridized carbons (Fsp3) is 0.353. The molecule has 2 aromatic rings. The van der Waals surface area contributed by atoms with Gasteiger partial charge >= 0.3 is 0 Å². The van der Waals surface area contributed by atoms with Crippen molar-refractivity contribution in [3.05, 3.63) is 59.0 Å². The lowest BCUT2D eigenvalue weighted by molar-refractivity contribution is 0.0543. The van der Waals surface area contributed by atoms with Crippen LogP contribution in [0, 0.1) is 5.82 Å². The Balaban J connectivity index is 1.83. The van der Waals surface area contributed by atoms with Gasteiger partial charge in [-0.2, -0.15) is 0 Å². The number of nitrogens with one attached hydrogen (secondary N) is 1. The number of ether oxygens (including phenoxy) is 1. The summed E-state index contributed by atoms with van der Waals surface area (Å²) in [5, 5.41) is 3.94. The molecule has 0 unspecified atom stereocenters. The quantitative estimate of drug-likeness (QED) is 0.923. The van der Waals surface area contributed by atoms with Gasteiger partial charge in [0.15, 0.2) is 0 Å². The first-order valence-corrected chi connectivity index (χ1v) is 7.76. The van der Waals surface area contributed by atoms with Crippen molar-refractivity contribution in [1.82, 2.24) is 4.98 Å². The van der Waals surface area contributed by atoms with Gasteiger partial charge in [-0.3, -0.25) is 0 Å². The second-order valence-electron chi connectivity index (χ2n) is 5.59. The van der Waals surface area contributed by atoms with Crippen LogP contribution in [0.4, 0.5) is 10.2 Å². The van der Waals surface area contributed by atoms with Gasteiger partial charge < -0.3 is 10.1 Å². The van der Waals surface area contributed by atoms with E-state index in [0.29, 0.717) is 30.6 Å². The van der Waals surface area contributed by atoms with Gasteiger partial charge in [0.1, 0.15) is 11.6 Å². The van der Waals surface area contributed by atoms with Gasteiger partial charge in [0.05, 0.1) is 5.02 Å². The Hall–Kier alpha value is -1.65. The van der Waals surface area contributed by atoms with E-state index < -0.39 is 0 Å². The Morgan fingerprint density at radius 1 is 1.18 bits per heavy atom. The van der Waals surface area contributed by atoms with Gasteiger partial charge in [0.25, 0.3) is 0 Å². The number of hydrogen-bond donors (Lipinski definition) is 1. The van der Waals surface area contributed by atoms with Crippen LogP contribution >= 0.6 is 11.6 Å². The summed E-state index contributed by atoms with van der Waals surface area (Å²) in [6.45, 7) is 2.10. The van der Waals surface area contributed by atoms with Crippen molar-refractivity contribution in [2.75, 3.05) is 25.1 Å². The van der Waals surface area contributed by atoms with Crippen molar-refractivity contribution in [2.24, 2.45) is 0 Å². The minimum atomic E-state index is -0.216. The van der Waals surface area contributed by atoms with Crippen molar-refractivity contribution in [1.29, 1.82) is 0 Å². The predicted molar refractivity (Wildman–Crippen MR) is 85.9 cm³/mol. The van der Waals surface area contributed by atoms with Crippen molar-refractivity contribution in [3.8, 4) is 0 Å². The number of hydrogen-bond acceptors (Lipinski definition) is 3. The Bertz CT molecular complexity index is 627. The first kappa shape index (κ1) is 15.3. The number of pyridine rings is 1. The Morgan fingerprint density at radius 2 is 1.91 bits per heavy atom. The third-order valence-corrected chi connectivity index (χ3v) is 4.56. The summed E-state index contributed by atoms with van der Waals surface area (Å²) in [6, 6.07) is 10.4. The highest BCUT2D eigenvalue weighted by molar-refractivity contribution is 6.32. The highest BCUT2D eigenvalue weighted by Gasteiger charge is 2.34. The SMILES string of the molecule is Fc1ccc(C2(CNc3ncccc3Cl)CCOCC2)cc1. The Labute approximate surface area is 134 Å². The summed E-state index contributed by atoms with van der Waals surface area (Å²) in [4.78, 5) is 4.27. The van der Waals surface area contributed by atoms with E-state index in [0.717, 1.165) is 18.4 Å². The molecule has 0 bridgehead atoms. The van der Waals surface area contributed by atoms with Crippen LogP contribution in [0.3, 0.4) is 0 Å². The summed E-state index contributed by atoms with van der Waals surface area (Å²) in [5.41, 5.74) is 1.03. The van der Waals surface area contributed by atoms with Crippen LogP contribution in [0.2, 0.25) is 5.02 Å². The van der Waals surface area contributed by atoms with E-state index in [1.165, 1.54) is 12.1 Å². The van der Waals surface area contributed by atoms with Crippen molar-refractivity contribution >= 4 is 17.4 Å². The molecule has 1 fully saturated rings. The van der Waals surface area contributed by atoms with Gasteiger partial charge in [0, 0.05) is 31.4 Å². The predicted octanol–water partition coefficient (Wildman–Crippen LogP) is 4.03. The van der Waals surface area contributed by atoms with E-state index in [2.05, 4.69) is 10.3 Å². The van der Waals surface area contributed by atoms with Crippen LogP contribution in [0.15, 0.2) is 42.6 Å². The van der Waals surface area contributed by atoms with Crippen LogP contribution < -0.4 is 5.32 Å². The second-order valence-corrected chi connectivity index (χ2v) is 5.99. The van der Waals surface area contributed by atoms with Gasteiger partial charge in [-0.25, -0.2) is 9.37 Å². The minimum Gasteiger partial charge on any atom is -0.381 e. The molecule has 0 radical (unpaired) electrons. The first-order chi connectivity index (χ1) is 10.7. The number of benzene rings is 1. The molecule has 0 saturated carbocycles. The third-order valence-electron chi connectivity index (χ3n) is 4.26. The summed E-state index contributed by atoms with van der Waals surface area (Å²) in [6.07, 6.45) is 3.48. The third kappa shape index (κ3) is 3.23. The number of anilines is 1. The van der Waals surface area contributed by atoms with Crippen LogP contribution in [-0.2, 0) is 10.2 Å². The highest BCUT2D eigenvalue weighted by atomic mass is 35.5. The van der Waals surface area contributed by atoms with Crippen molar-refractivity contribution < 1.29 is 9.13 Å². The summed E-state index contributed by atoms with van der Waals surface area (Å²) in [5.74, 6) is 0.462. The maximum atomic E-state index is 13.2. The van der Waals surface area contributed by atoms with Crippen LogP contribution in [-0.4, -0.2) is 24.7 Å². The lowest BCUT2D eigenvalue weighted by Gasteiger charge is -2.38. The van der Waals surface area contributed by atoms with Crippen molar-refractivity contribution in [3.63, 3.8) is 0 Å². The normalized spacial score (nSPS) is 17.2. The monoisotopic (exact) mass is 320 g/mol. The van der Waals surface area contributed by atoms with E-state index >= 15 is 0 Å². The van der Waals surface area contributed by atoms with Crippen LogP contribution in [0.1, 0.15) is 18.4 Å². The molecule has 5 heteroatoms. The zero-order chi connectivity index (χ0) is 15.4. The molecule has 1 aliphatic rings. The molecule has 0 amide bonds. The first-order valence-electron chi connectivity index (χ1n) is 7.38. The lowest BCUT2D eigenvalue weighted by atomic mass is 9.74. The molecular weight excluding hydrogens is 303 g/mol. The summed E-state index contributed by atoms with van der Waals surface area (Å²) >= 11 is 6.15. The zero-order valence-electron chi connectivity index (χ0n) is 12.2. The molecule has 0 aliphatic carbocycles. The van der Waals surface area contributed by atoms with Crippen LogP contribution in [0.25, 0.3) is 0 Å². The molecule has 1 saturated heterocycles. The van der Waals surface area contributed by atoms with Gasteiger partial charge in [-0.1, -0.05) is 23.7 Å².